The molecule has 4 nitrogen and oxygen atoms in total. The first kappa shape index (κ1) is 11.3. The normalized spacial score (nSPS) is 8.15. The summed E-state index contributed by atoms with van der Waals surface area (Å²) < 4.78 is 4.11. The minimum absolute atomic E-state index is 0.245. The van der Waals surface area contributed by atoms with Crippen LogP contribution in [-0.4, -0.2) is 13.1 Å². The summed E-state index contributed by atoms with van der Waals surface area (Å²) in [6.45, 7) is 1.36. The van der Waals surface area contributed by atoms with Crippen molar-refractivity contribution in [2.24, 2.45) is 0 Å². The van der Waals surface area contributed by atoms with Gasteiger partial charge in [0.1, 0.15) is 0 Å². The van der Waals surface area contributed by atoms with E-state index in [0.29, 0.717) is 11.4 Å². The molecular formula is C9H14N2O2. The Morgan fingerprint density at radius 3 is 1.85 bits per heavy atom. The molecule has 0 aliphatic rings. The Hall–Kier alpha value is -1.71. The highest BCUT2D eigenvalue weighted by atomic mass is 16.5. The number of hydrogen-bond acceptors (Lipinski definition) is 4. The highest BCUT2D eigenvalue weighted by Gasteiger charge is 1.81. The van der Waals surface area contributed by atoms with Crippen LogP contribution in [0.2, 0.25) is 0 Å². The second kappa shape index (κ2) is 5.88. The van der Waals surface area contributed by atoms with E-state index in [1.165, 1.54) is 14.0 Å². The number of benzene rings is 1. The van der Waals surface area contributed by atoms with Crippen LogP contribution in [0.5, 0.6) is 0 Å². The predicted molar refractivity (Wildman–Crippen MR) is 53.0 cm³/mol. The van der Waals surface area contributed by atoms with Crippen LogP contribution >= 0.6 is 0 Å². The van der Waals surface area contributed by atoms with Crippen molar-refractivity contribution in [2.75, 3.05) is 18.6 Å². The summed E-state index contributed by atoms with van der Waals surface area (Å²) >= 11 is 0. The van der Waals surface area contributed by atoms with Gasteiger partial charge < -0.3 is 16.2 Å². The van der Waals surface area contributed by atoms with Crippen LogP contribution in [-0.2, 0) is 9.53 Å². The molecule has 0 aliphatic heterocycles. The topological polar surface area (TPSA) is 78.3 Å². The molecule has 1 rings (SSSR count). The monoisotopic (exact) mass is 182 g/mol. The fraction of sp³-hybridized carbons (Fsp3) is 0.222. The Labute approximate surface area is 77.5 Å². The number of rotatable bonds is 0. The lowest BCUT2D eigenvalue weighted by Crippen LogP contribution is -1.88. The van der Waals surface area contributed by atoms with Gasteiger partial charge in [0.15, 0.2) is 0 Å². The second-order valence-electron chi connectivity index (χ2n) is 2.37. The molecule has 0 spiro atoms. The molecule has 4 heteroatoms. The van der Waals surface area contributed by atoms with Gasteiger partial charge in [0.25, 0.3) is 0 Å². The first-order valence-corrected chi connectivity index (χ1v) is 3.72. The maximum atomic E-state index is 9.59. The van der Waals surface area contributed by atoms with Crippen molar-refractivity contribution < 1.29 is 9.53 Å². The Kier molecular flexibility index (Phi) is 5.11. The van der Waals surface area contributed by atoms with Crippen LogP contribution in [0.4, 0.5) is 11.4 Å². The van der Waals surface area contributed by atoms with Crippen LogP contribution in [0.15, 0.2) is 24.3 Å². The lowest BCUT2D eigenvalue weighted by Gasteiger charge is -1.91. The number of nitrogens with two attached hydrogens (primary N) is 2. The van der Waals surface area contributed by atoms with E-state index in [-0.39, 0.29) is 5.97 Å². The van der Waals surface area contributed by atoms with Gasteiger partial charge in [-0.2, -0.15) is 0 Å². The van der Waals surface area contributed by atoms with Crippen molar-refractivity contribution in [2.45, 2.75) is 6.92 Å². The first-order chi connectivity index (χ1) is 6.06. The molecule has 0 aromatic heterocycles. The summed E-state index contributed by atoms with van der Waals surface area (Å²) in [5, 5.41) is 0. The summed E-state index contributed by atoms with van der Waals surface area (Å²) in [5.41, 5.74) is 12.2. The largest absolute Gasteiger partial charge is 0.469 e. The quantitative estimate of drug-likeness (QED) is 0.464. The van der Waals surface area contributed by atoms with Crippen molar-refractivity contribution in [1.82, 2.24) is 0 Å². The van der Waals surface area contributed by atoms with Crippen molar-refractivity contribution in [3.63, 3.8) is 0 Å². The highest BCUT2D eigenvalue weighted by Crippen LogP contribution is 2.06. The number of hydrogen-bond donors (Lipinski definition) is 2. The fourth-order valence-electron chi connectivity index (χ4n) is 0.559. The average Bonchev–Trinajstić information content (AvgIpc) is 2.05. The van der Waals surface area contributed by atoms with Gasteiger partial charge in [-0.15, -0.1) is 0 Å². The SMILES string of the molecule is COC(C)=O.Nc1cccc(N)c1. The number of ether oxygens (including phenoxy) is 1. The van der Waals surface area contributed by atoms with Gasteiger partial charge in [0, 0.05) is 18.3 Å². The van der Waals surface area contributed by atoms with E-state index in [9.17, 15) is 4.79 Å². The van der Waals surface area contributed by atoms with Crippen LogP contribution in [0.1, 0.15) is 6.92 Å². The van der Waals surface area contributed by atoms with Gasteiger partial charge in [0.05, 0.1) is 7.11 Å². The molecule has 1 aromatic rings. The molecule has 0 heterocycles. The van der Waals surface area contributed by atoms with Crippen molar-refractivity contribution in [1.29, 1.82) is 0 Å². The Bertz CT molecular complexity index is 257. The third kappa shape index (κ3) is 6.68. The molecule has 0 unspecified atom stereocenters. The molecule has 0 radical (unpaired) electrons. The van der Waals surface area contributed by atoms with E-state index in [0.717, 1.165) is 0 Å². The molecule has 13 heavy (non-hydrogen) atoms. The van der Waals surface area contributed by atoms with Crippen LogP contribution in [0.25, 0.3) is 0 Å². The van der Waals surface area contributed by atoms with Crippen molar-refractivity contribution in [3.05, 3.63) is 24.3 Å². The Balaban J connectivity index is 0.000000252. The van der Waals surface area contributed by atoms with Gasteiger partial charge in [-0.25, -0.2) is 0 Å². The van der Waals surface area contributed by atoms with E-state index >= 15 is 0 Å². The highest BCUT2D eigenvalue weighted by molar-refractivity contribution is 5.65. The third-order valence-electron chi connectivity index (χ3n) is 1.20. The zero-order valence-electron chi connectivity index (χ0n) is 7.78. The van der Waals surface area contributed by atoms with Crippen molar-refractivity contribution in [3.8, 4) is 0 Å². The van der Waals surface area contributed by atoms with E-state index in [1.54, 1.807) is 18.2 Å². The Morgan fingerprint density at radius 1 is 1.31 bits per heavy atom. The number of carbonyl (C=O) groups is 1. The molecule has 0 amide bonds. The molecule has 0 aliphatic carbocycles. The third-order valence-corrected chi connectivity index (χ3v) is 1.20. The van der Waals surface area contributed by atoms with Gasteiger partial charge in [0.2, 0.25) is 0 Å². The first-order valence-electron chi connectivity index (χ1n) is 3.72. The molecule has 1 aromatic carbocycles. The van der Waals surface area contributed by atoms with E-state index in [2.05, 4.69) is 4.74 Å². The number of anilines is 2. The van der Waals surface area contributed by atoms with Crippen LogP contribution in [0.3, 0.4) is 0 Å². The molecule has 72 valence electrons. The smallest absolute Gasteiger partial charge is 0.302 e. The summed E-state index contributed by atoms with van der Waals surface area (Å²) in [5.74, 6) is -0.245. The van der Waals surface area contributed by atoms with Gasteiger partial charge >= 0.3 is 5.97 Å². The molecule has 0 fully saturated rings. The number of carbonyl (C=O) groups excluding carboxylic acids is 1. The van der Waals surface area contributed by atoms with E-state index in [4.69, 9.17) is 11.5 Å². The summed E-state index contributed by atoms with van der Waals surface area (Å²) in [6, 6.07) is 7.15. The standard InChI is InChI=1S/C6H8N2.C3H6O2/c7-5-2-1-3-6(8)4-5;1-3(4)5-2/h1-4H,7-8H2;1-2H3. The van der Waals surface area contributed by atoms with Crippen LogP contribution < -0.4 is 11.5 Å². The zero-order valence-corrected chi connectivity index (χ0v) is 7.78. The van der Waals surface area contributed by atoms with Crippen LogP contribution in [0, 0.1) is 0 Å². The summed E-state index contributed by atoms with van der Waals surface area (Å²) in [7, 11) is 1.35. The Morgan fingerprint density at radius 2 is 1.69 bits per heavy atom. The van der Waals surface area contributed by atoms with Gasteiger partial charge in [-0.1, -0.05) is 6.07 Å². The number of esters is 1. The maximum Gasteiger partial charge on any atom is 0.302 e. The molecule has 0 saturated carbocycles. The summed E-state index contributed by atoms with van der Waals surface area (Å²) in [4.78, 5) is 9.59. The van der Waals surface area contributed by atoms with E-state index < -0.39 is 0 Å². The fourth-order valence-corrected chi connectivity index (χ4v) is 0.559. The van der Waals surface area contributed by atoms with Crippen molar-refractivity contribution >= 4 is 17.3 Å². The predicted octanol–water partition coefficient (Wildman–Crippen LogP) is 1.03. The number of methoxy groups -OCH3 is 1. The minimum Gasteiger partial charge on any atom is -0.469 e. The summed E-state index contributed by atoms with van der Waals surface area (Å²) in [6.07, 6.45) is 0. The van der Waals surface area contributed by atoms with E-state index in [1.807, 2.05) is 6.07 Å². The maximum absolute atomic E-state index is 9.59. The molecular weight excluding hydrogens is 168 g/mol. The lowest BCUT2D eigenvalue weighted by atomic mass is 10.3. The molecule has 0 atom stereocenters. The van der Waals surface area contributed by atoms with Gasteiger partial charge in [-0.05, 0) is 18.2 Å². The second-order valence-corrected chi connectivity index (χ2v) is 2.37. The molecule has 4 N–H and O–H groups in total. The molecule has 0 saturated heterocycles. The molecule has 0 bridgehead atoms. The lowest BCUT2D eigenvalue weighted by molar-refractivity contribution is -0.137. The number of nitrogen functional groups attached to an aromatic ring is 2. The van der Waals surface area contributed by atoms with Gasteiger partial charge in [-0.3, -0.25) is 4.79 Å². The average molecular weight is 182 g/mol. The zero-order chi connectivity index (χ0) is 10.3. The minimum atomic E-state index is -0.245.